The summed E-state index contributed by atoms with van der Waals surface area (Å²) in [6.07, 6.45) is -0.0514. The third kappa shape index (κ3) is 5.24. The van der Waals surface area contributed by atoms with Gasteiger partial charge < -0.3 is 19.7 Å². The second-order valence-electron chi connectivity index (χ2n) is 6.80. The number of ether oxygens (including phenoxy) is 2. The summed E-state index contributed by atoms with van der Waals surface area (Å²) in [5.41, 5.74) is 0.910. The molecule has 1 aliphatic rings. The Labute approximate surface area is 169 Å². The molecule has 1 aliphatic heterocycles. The molecule has 1 heterocycles. The highest BCUT2D eigenvalue weighted by atomic mass is 35.5. The van der Waals surface area contributed by atoms with Crippen molar-refractivity contribution in [2.75, 3.05) is 25.0 Å². The van der Waals surface area contributed by atoms with Gasteiger partial charge in [-0.1, -0.05) is 23.7 Å². The van der Waals surface area contributed by atoms with Crippen LogP contribution in [0.15, 0.2) is 48.5 Å². The molecule has 0 spiro atoms. The molecule has 2 aromatic rings. The van der Waals surface area contributed by atoms with Crippen LogP contribution in [-0.2, 0) is 9.53 Å². The van der Waals surface area contributed by atoms with Crippen LogP contribution in [0.25, 0.3) is 0 Å². The quantitative estimate of drug-likeness (QED) is 0.829. The summed E-state index contributed by atoms with van der Waals surface area (Å²) < 4.78 is 11.1. The molecule has 2 atom stereocenters. The lowest BCUT2D eigenvalue weighted by molar-refractivity contribution is -0.118. The predicted molar refractivity (Wildman–Crippen MR) is 108 cm³/mol. The van der Waals surface area contributed by atoms with Crippen molar-refractivity contribution in [2.24, 2.45) is 0 Å². The van der Waals surface area contributed by atoms with E-state index in [0.29, 0.717) is 35.1 Å². The van der Waals surface area contributed by atoms with Crippen molar-refractivity contribution in [1.82, 2.24) is 4.90 Å². The van der Waals surface area contributed by atoms with E-state index in [2.05, 4.69) is 5.32 Å². The summed E-state index contributed by atoms with van der Waals surface area (Å²) in [6.45, 7) is 4.75. The van der Waals surface area contributed by atoms with Gasteiger partial charge in [0.05, 0.1) is 23.5 Å². The maximum Gasteiger partial charge on any atom is 0.262 e. The first-order valence-corrected chi connectivity index (χ1v) is 9.52. The number of hydrogen-bond donors (Lipinski definition) is 1. The number of amides is 2. The number of hydrogen-bond acceptors (Lipinski definition) is 4. The minimum absolute atomic E-state index is 0.0257. The number of anilines is 1. The van der Waals surface area contributed by atoms with Gasteiger partial charge >= 0.3 is 0 Å². The molecule has 0 bridgehead atoms. The van der Waals surface area contributed by atoms with Gasteiger partial charge in [0.1, 0.15) is 5.75 Å². The van der Waals surface area contributed by atoms with E-state index in [-0.39, 0.29) is 30.6 Å². The number of nitrogens with zero attached hydrogens (tertiary/aromatic N) is 1. The van der Waals surface area contributed by atoms with Gasteiger partial charge in [-0.25, -0.2) is 0 Å². The predicted octanol–water partition coefficient (Wildman–Crippen LogP) is 3.61. The number of nitrogens with one attached hydrogen (secondary N) is 1. The molecule has 0 aromatic heterocycles. The van der Waals surface area contributed by atoms with Crippen molar-refractivity contribution >= 4 is 29.1 Å². The minimum Gasteiger partial charge on any atom is -0.484 e. The zero-order chi connectivity index (χ0) is 20.1. The molecule has 148 valence electrons. The lowest BCUT2D eigenvalue weighted by Crippen LogP contribution is -2.48. The van der Waals surface area contributed by atoms with Crippen molar-refractivity contribution < 1.29 is 19.1 Å². The number of morpholine rings is 1. The van der Waals surface area contributed by atoms with E-state index in [1.165, 1.54) is 0 Å². The number of rotatable bonds is 5. The minimum atomic E-state index is -0.348. The van der Waals surface area contributed by atoms with E-state index in [9.17, 15) is 9.59 Å². The highest BCUT2D eigenvalue weighted by Gasteiger charge is 2.28. The lowest BCUT2D eigenvalue weighted by atomic mass is 10.1. The zero-order valence-corrected chi connectivity index (χ0v) is 16.6. The first-order chi connectivity index (χ1) is 13.4. The van der Waals surface area contributed by atoms with Gasteiger partial charge in [0.25, 0.3) is 11.8 Å². The smallest absolute Gasteiger partial charge is 0.262 e. The van der Waals surface area contributed by atoms with Crippen LogP contribution in [0.5, 0.6) is 5.75 Å². The molecule has 28 heavy (non-hydrogen) atoms. The summed E-state index contributed by atoms with van der Waals surface area (Å²) in [5, 5.41) is 3.36. The van der Waals surface area contributed by atoms with Crippen molar-refractivity contribution in [3.05, 3.63) is 59.1 Å². The summed E-state index contributed by atoms with van der Waals surface area (Å²) in [6, 6.07) is 13.7. The third-order valence-electron chi connectivity index (χ3n) is 4.32. The first-order valence-electron chi connectivity index (χ1n) is 9.14. The van der Waals surface area contributed by atoms with Crippen molar-refractivity contribution in [3.8, 4) is 5.75 Å². The Kier molecular flexibility index (Phi) is 6.54. The lowest BCUT2D eigenvalue weighted by Gasteiger charge is -2.35. The molecule has 3 rings (SSSR count). The van der Waals surface area contributed by atoms with Crippen molar-refractivity contribution in [1.29, 1.82) is 0 Å². The highest BCUT2D eigenvalue weighted by molar-refractivity contribution is 6.30. The number of halogens is 1. The van der Waals surface area contributed by atoms with Crippen molar-refractivity contribution in [2.45, 2.75) is 26.1 Å². The van der Waals surface area contributed by atoms with Crippen LogP contribution in [0.3, 0.4) is 0 Å². The molecule has 1 saturated heterocycles. The van der Waals surface area contributed by atoms with Gasteiger partial charge in [0.2, 0.25) is 0 Å². The summed E-state index contributed by atoms with van der Waals surface area (Å²) in [4.78, 5) is 27.0. The zero-order valence-electron chi connectivity index (χ0n) is 15.9. The molecule has 7 heteroatoms. The average molecular weight is 403 g/mol. The van der Waals surface area contributed by atoms with Gasteiger partial charge in [-0.05, 0) is 50.2 Å². The van der Waals surface area contributed by atoms with E-state index in [1.54, 1.807) is 53.4 Å². The van der Waals surface area contributed by atoms with E-state index in [1.807, 2.05) is 13.8 Å². The van der Waals surface area contributed by atoms with Crippen LogP contribution < -0.4 is 10.1 Å². The second-order valence-corrected chi connectivity index (χ2v) is 7.24. The fourth-order valence-electron chi connectivity index (χ4n) is 3.16. The van der Waals surface area contributed by atoms with E-state index in [0.717, 1.165) is 0 Å². The van der Waals surface area contributed by atoms with E-state index < -0.39 is 0 Å². The van der Waals surface area contributed by atoms with Crippen LogP contribution in [0.1, 0.15) is 24.2 Å². The van der Waals surface area contributed by atoms with Gasteiger partial charge in [0, 0.05) is 18.1 Å². The summed E-state index contributed by atoms with van der Waals surface area (Å²) in [5.74, 6) is 0.0654. The van der Waals surface area contributed by atoms with Crippen molar-refractivity contribution in [3.63, 3.8) is 0 Å². The second kappa shape index (κ2) is 9.08. The molecule has 0 saturated carbocycles. The molecular formula is C21H23ClN2O4. The van der Waals surface area contributed by atoms with Gasteiger partial charge in [-0.15, -0.1) is 0 Å². The fourth-order valence-corrected chi connectivity index (χ4v) is 3.28. The molecule has 0 radical (unpaired) electrons. The van der Waals surface area contributed by atoms with Gasteiger partial charge in [-0.2, -0.15) is 0 Å². The third-order valence-corrected chi connectivity index (χ3v) is 4.57. The van der Waals surface area contributed by atoms with Crippen LogP contribution in [0.2, 0.25) is 5.02 Å². The molecule has 1 fully saturated rings. The molecule has 2 unspecified atom stereocenters. The SMILES string of the molecule is CC1CN(C(=O)c2ccccc2NC(=O)COc2ccc(Cl)cc2)CC(C)O1. The standard InChI is InChI=1S/C21H23ClN2O4/c1-14-11-24(12-15(2)28-14)21(26)18-5-3-4-6-19(18)23-20(25)13-27-17-9-7-16(22)8-10-17/h3-10,14-15H,11-13H2,1-2H3,(H,23,25). The maximum atomic E-state index is 13.0. The fraction of sp³-hybridized carbons (Fsp3) is 0.333. The van der Waals surface area contributed by atoms with Crippen LogP contribution in [0, 0.1) is 0 Å². The Bertz CT molecular complexity index is 831. The van der Waals surface area contributed by atoms with Gasteiger partial charge in [-0.3, -0.25) is 9.59 Å². The van der Waals surface area contributed by atoms with E-state index in [4.69, 9.17) is 21.1 Å². The van der Waals surface area contributed by atoms with Gasteiger partial charge in [0.15, 0.2) is 6.61 Å². The number of benzene rings is 2. The molecule has 1 N–H and O–H groups in total. The molecule has 0 aliphatic carbocycles. The largest absolute Gasteiger partial charge is 0.484 e. The monoisotopic (exact) mass is 402 g/mol. The summed E-state index contributed by atoms with van der Waals surface area (Å²) >= 11 is 5.83. The number of carbonyl (C=O) groups is 2. The van der Waals surface area contributed by atoms with Crippen LogP contribution in [0.4, 0.5) is 5.69 Å². The Hall–Kier alpha value is -2.57. The Morgan fingerprint density at radius 3 is 2.43 bits per heavy atom. The summed E-state index contributed by atoms with van der Waals surface area (Å²) in [7, 11) is 0. The molecular weight excluding hydrogens is 380 g/mol. The Morgan fingerprint density at radius 1 is 1.11 bits per heavy atom. The number of para-hydroxylation sites is 1. The molecule has 2 amide bonds. The average Bonchev–Trinajstić information content (AvgIpc) is 2.67. The van der Waals surface area contributed by atoms with Crippen LogP contribution in [-0.4, -0.2) is 48.6 Å². The Balaban J connectivity index is 1.65. The Morgan fingerprint density at radius 2 is 1.75 bits per heavy atom. The maximum absolute atomic E-state index is 13.0. The van der Waals surface area contributed by atoms with Crippen LogP contribution >= 0.6 is 11.6 Å². The first kappa shape index (κ1) is 20.2. The normalized spacial score (nSPS) is 19.2. The molecule has 2 aromatic carbocycles. The number of carbonyl (C=O) groups excluding carboxylic acids is 2. The topological polar surface area (TPSA) is 67.9 Å². The highest BCUT2D eigenvalue weighted by Crippen LogP contribution is 2.21. The molecule has 6 nitrogen and oxygen atoms in total. The van der Waals surface area contributed by atoms with E-state index >= 15 is 0 Å².